The first-order valence-corrected chi connectivity index (χ1v) is 4.29. The van der Waals surface area contributed by atoms with Crippen LogP contribution < -0.4 is 0 Å². The van der Waals surface area contributed by atoms with Crippen molar-refractivity contribution in [3.8, 4) is 0 Å². The number of likely N-dealkylation sites (N-methyl/N-ethyl adjacent to an activating group) is 1. The van der Waals surface area contributed by atoms with Gasteiger partial charge in [-0.1, -0.05) is 0 Å². The number of hydrogen-bond acceptors (Lipinski definition) is 4. The highest BCUT2D eigenvalue weighted by Crippen LogP contribution is 2.16. The molecule has 0 aromatic carbocycles. The molecule has 0 aliphatic carbocycles. The van der Waals surface area contributed by atoms with E-state index in [0.29, 0.717) is 0 Å². The van der Waals surface area contributed by atoms with Crippen LogP contribution in [0.4, 0.5) is 0 Å². The van der Waals surface area contributed by atoms with Gasteiger partial charge in [-0.05, 0) is 20.9 Å². The lowest BCUT2D eigenvalue weighted by Gasteiger charge is -2.33. The minimum Gasteiger partial charge on any atom is -0.481 e. The standard InChI is InChI=1S/C9H17NO4/c1-9(2,5-7(11)12)10(3)6-8(13)14-4/h5-6H2,1-4H3,(H,11,12). The molecule has 0 spiro atoms. The molecule has 0 saturated carbocycles. The summed E-state index contributed by atoms with van der Waals surface area (Å²) in [4.78, 5) is 23.1. The maximum absolute atomic E-state index is 10.9. The van der Waals surface area contributed by atoms with Crippen LogP contribution in [0.25, 0.3) is 0 Å². The van der Waals surface area contributed by atoms with Crippen molar-refractivity contribution in [2.24, 2.45) is 0 Å². The average molecular weight is 203 g/mol. The molecule has 0 bridgehead atoms. The predicted octanol–water partition coefficient (Wildman–Crippen LogP) is 0.344. The fourth-order valence-corrected chi connectivity index (χ4v) is 0.977. The molecule has 0 amide bonds. The molecular formula is C9H17NO4. The number of aliphatic carboxylic acids is 1. The van der Waals surface area contributed by atoms with E-state index in [2.05, 4.69) is 4.74 Å². The zero-order valence-corrected chi connectivity index (χ0v) is 9.03. The lowest BCUT2D eigenvalue weighted by molar-refractivity contribution is -0.146. The summed E-state index contributed by atoms with van der Waals surface area (Å²) >= 11 is 0. The summed E-state index contributed by atoms with van der Waals surface area (Å²) in [6.07, 6.45) is -0.0134. The Morgan fingerprint density at radius 1 is 1.43 bits per heavy atom. The zero-order chi connectivity index (χ0) is 11.4. The molecule has 0 aromatic rings. The Bertz CT molecular complexity index is 225. The van der Waals surface area contributed by atoms with Gasteiger partial charge in [0.05, 0.1) is 20.1 Å². The third kappa shape index (κ3) is 4.23. The number of rotatable bonds is 5. The van der Waals surface area contributed by atoms with E-state index in [1.54, 1.807) is 25.8 Å². The molecule has 0 saturated heterocycles. The van der Waals surface area contributed by atoms with Crippen molar-refractivity contribution < 1.29 is 19.4 Å². The Morgan fingerprint density at radius 3 is 2.29 bits per heavy atom. The highest BCUT2D eigenvalue weighted by molar-refractivity contribution is 5.72. The summed E-state index contributed by atoms with van der Waals surface area (Å²) in [5, 5.41) is 8.65. The molecular weight excluding hydrogens is 186 g/mol. The Hall–Kier alpha value is -1.10. The van der Waals surface area contributed by atoms with Crippen molar-refractivity contribution in [2.45, 2.75) is 25.8 Å². The fraction of sp³-hybridized carbons (Fsp3) is 0.778. The summed E-state index contributed by atoms with van der Waals surface area (Å²) in [7, 11) is 3.00. The van der Waals surface area contributed by atoms with Crippen LogP contribution in [-0.2, 0) is 14.3 Å². The van der Waals surface area contributed by atoms with Crippen LogP contribution in [-0.4, -0.2) is 48.2 Å². The van der Waals surface area contributed by atoms with Gasteiger partial charge in [-0.2, -0.15) is 0 Å². The van der Waals surface area contributed by atoms with E-state index in [1.165, 1.54) is 7.11 Å². The van der Waals surface area contributed by atoms with Gasteiger partial charge in [-0.3, -0.25) is 14.5 Å². The maximum atomic E-state index is 10.9. The van der Waals surface area contributed by atoms with Gasteiger partial charge in [-0.25, -0.2) is 0 Å². The molecule has 0 unspecified atom stereocenters. The number of carbonyl (C=O) groups is 2. The van der Waals surface area contributed by atoms with Gasteiger partial charge in [0, 0.05) is 5.54 Å². The number of carboxylic acids is 1. The van der Waals surface area contributed by atoms with Crippen LogP contribution in [0.2, 0.25) is 0 Å². The second-order valence-corrected chi connectivity index (χ2v) is 3.82. The van der Waals surface area contributed by atoms with E-state index in [0.717, 1.165) is 0 Å². The van der Waals surface area contributed by atoms with Crippen LogP contribution in [0.3, 0.4) is 0 Å². The number of carboxylic acid groups (broad SMARTS) is 1. The molecule has 82 valence electrons. The number of carbonyl (C=O) groups excluding carboxylic acids is 1. The Labute approximate surface area is 83.6 Å². The predicted molar refractivity (Wildman–Crippen MR) is 51.0 cm³/mol. The zero-order valence-electron chi connectivity index (χ0n) is 9.03. The van der Waals surface area contributed by atoms with Gasteiger partial charge < -0.3 is 9.84 Å². The third-order valence-electron chi connectivity index (χ3n) is 2.21. The van der Waals surface area contributed by atoms with Crippen molar-refractivity contribution >= 4 is 11.9 Å². The summed E-state index contributed by atoms with van der Waals surface area (Å²) in [6, 6.07) is 0. The molecule has 0 fully saturated rings. The quantitative estimate of drug-likeness (QED) is 0.653. The lowest BCUT2D eigenvalue weighted by atomic mass is 9.99. The summed E-state index contributed by atoms with van der Waals surface area (Å²) in [5.74, 6) is -1.25. The van der Waals surface area contributed by atoms with Crippen LogP contribution in [0.15, 0.2) is 0 Å². The van der Waals surface area contributed by atoms with E-state index in [-0.39, 0.29) is 18.9 Å². The van der Waals surface area contributed by atoms with E-state index in [1.807, 2.05) is 0 Å². The first kappa shape index (κ1) is 12.9. The van der Waals surface area contributed by atoms with E-state index in [4.69, 9.17) is 5.11 Å². The molecule has 14 heavy (non-hydrogen) atoms. The molecule has 5 nitrogen and oxygen atoms in total. The molecule has 0 radical (unpaired) electrons. The van der Waals surface area contributed by atoms with Gasteiger partial charge in [0.15, 0.2) is 0 Å². The Kier molecular flexibility index (Phi) is 4.56. The van der Waals surface area contributed by atoms with Gasteiger partial charge in [-0.15, -0.1) is 0 Å². The normalized spacial score (nSPS) is 11.5. The number of nitrogens with zero attached hydrogens (tertiary/aromatic N) is 1. The largest absolute Gasteiger partial charge is 0.481 e. The molecule has 0 heterocycles. The maximum Gasteiger partial charge on any atom is 0.319 e. The van der Waals surface area contributed by atoms with E-state index < -0.39 is 11.5 Å². The monoisotopic (exact) mass is 203 g/mol. The van der Waals surface area contributed by atoms with E-state index in [9.17, 15) is 9.59 Å². The number of hydrogen-bond donors (Lipinski definition) is 1. The topological polar surface area (TPSA) is 66.8 Å². The number of methoxy groups -OCH3 is 1. The molecule has 1 N–H and O–H groups in total. The lowest BCUT2D eigenvalue weighted by Crippen LogP contribution is -2.45. The highest BCUT2D eigenvalue weighted by atomic mass is 16.5. The van der Waals surface area contributed by atoms with Crippen LogP contribution in [0, 0.1) is 0 Å². The second-order valence-electron chi connectivity index (χ2n) is 3.82. The minimum absolute atomic E-state index is 0.0134. The summed E-state index contributed by atoms with van der Waals surface area (Å²) in [5.41, 5.74) is -0.556. The summed E-state index contributed by atoms with van der Waals surface area (Å²) < 4.78 is 4.49. The number of esters is 1. The van der Waals surface area contributed by atoms with Gasteiger partial charge in [0.1, 0.15) is 0 Å². The molecule has 0 aromatic heterocycles. The van der Waals surface area contributed by atoms with Crippen LogP contribution >= 0.6 is 0 Å². The molecule has 0 atom stereocenters. The number of ether oxygens (including phenoxy) is 1. The second kappa shape index (κ2) is 4.95. The molecule has 0 aliphatic rings. The smallest absolute Gasteiger partial charge is 0.319 e. The van der Waals surface area contributed by atoms with Crippen molar-refractivity contribution in [2.75, 3.05) is 20.7 Å². The third-order valence-corrected chi connectivity index (χ3v) is 2.21. The first-order valence-electron chi connectivity index (χ1n) is 4.29. The van der Waals surface area contributed by atoms with Crippen molar-refractivity contribution in [3.05, 3.63) is 0 Å². The van der Waals surface area contributed by atoms with Crippen LogP contribution in [0.1, 0.15) is 20.3 Å². The first-order chi connectivity index (χ1) is 6.29. The molecule has 5 heteroatoms. The SMILES string of the molecule is COC(=O)CN(C)C(C)(C)CC(=O)O. The van der Waals surface area contributed by atoms with Crippen molar-refractivity contribution in [3.63, 3.8) is 0 Å². The van der Waals surface area contributed by atoms with Crippen LogP contribution in [0.5, 0.6) is 0 Å². The molecule has 0 aliphatic heterocycles. The average Bonchev–Trinajstić information content (AvgIpc) is 2.01. The summed E-state index contributed by atoms with van der Waals surface area (Å²) in [6.45, 7) is 3.63. The Morgan fingerprint density at radius 2 is 1.93 bits per heavy atom. The van der Waals surface area contributed by atoms with Gasteiger partial charge in [0.25, 0.3) is 0 Å². The van der Waals surface area contributed by atoms with Crippen molar-refractivity contribution in [1.82, 2.24) is 4.90 Å². The fourth-order valence-electron chi connectivity index (χ4n) is 0.977. The van der Waals surface area contributed by atoms with Gasteiger partial charge in [0.2, 0.25) is 0 Å². The van der Waals surface area contributed by atoms with Gasteiger partial charge >= 0.3 is 11.9 Å². The minimum atomic E-state index is -0.883. The Balaban J connectivity index is 4.27. The van der Waals surface area contributed by atoms with Crippen molar-refractivity contribution in [1.29, 1.82) is 0 Å². The highest BCUT2D eigenvalue weighted by Gasteiger charge is 2.28. The van der Waals surface area contributed by atoms with E-state index >= 15 is 0 Å². The molecule has 0 rings (SSSR count).